The zero-order valence-electron chi connectivity index (χ0n) is 18.2. The molecule has 2 aromatic rings. The van der Waals surface area contributed by atoms with E-state index in [9.17, 15) is 22.0 Å². The summed E-state index contributed by atoms with van der Waals surface area (Å²) in [7, 11) is -3.14. The highest BCUT2D eigenvalue weighted by atomic mass is 32.2. The van der Waals surface area contributed by atoms with Gasteiger partial charge in [0.05, 0.1) is 11.5 Å². The normalized spacial score (nSPS) is 16.2. The molecule has 0 aliphatic carbocycles. The molecule has 32 heavy (non-hydrogen) atoms. The fraction of sp³-hybridized carbons (Fsp3) is 0.455. The summed E-state index contributed by atoms with van der Waals surface area (Å²) >= 11 is 0. The summed E-state index contributed by atoms with van der Waals surface area (Å²) in [6, 6.07) is 9.51. The van der Waals surface area contributed by atoms with Crippen molar-refractivity contribution in [3.8, 4) is 5.88 Å². The van der Waals surface area contributed by atoms with E-state index in [1.807, 2.05) is 32.0 Å². The molecule has 1 fully saturated rings. The van der Waals surface area contributed by atoms with Crippen LogP contribution < -0.4 is 15.0 Å². The zero-order valence-corrected chi connectivity index (χ0v) is 19.0. The van der Waals surface area contributed by atoms with E-state index >= 15 is 0 Å². The number of sulfone groups is 1. The van der Waals surface area contributed by atoms with E-state index in [2.05, 4.69) is 15.0 Å². The molecule has 0 spiro atoms. The lowest BCUT2D eigenvalue weighted by Crippen LogP contribution is -2.47. The largest absolute Gasteiger partial charge is 0.415 e. The van der Waals surface area contributed by atoms with Gasteiger partial charge in [-0.1, -0.05) is 32.0 Å². The van der Waals surface area contributed by atoms with Crippen LogP contribution in [0.5, 0.6) is 5.88 Å². The van der Waals surface area contributed by atoms with Crippen LogP contribution in [0.2, 0.25) is 0 Å². The van der Waals surface area contributed by atoms with Crippen LogP contribution in [0, 0.1) is 6.92 Å². The Morgan fingerprint density at radius 2 is 1.81 bits per heavy atom. The smallest absolute Gasteiger partial charge is 0.388 e. The van der Waals surface area contributed by atoms with Crippen molar-refractivity contribution in [2.75, 3.05) is 21.7 Å². The van der Waals surface area contributed by atoms with Gasteiger partial charge >= 0.3 is 12.6 Å². The minimum atomic E-state index is -3.14. The Morgan fingerprint density at radius 3 is 2.44 bits per heavy atom. The number of nitrogens with zero attached hydrogens (tertiary/aromatic N) is 2. The molecule has 1 aliphatic heterocycles. The van der Waals surface area contributed by atoms with Crippen molar-refractivity contribution in [1.29, 1.82) is 0 Å². The van der Waals surface area contributed by atoms with Crippen LogP contribution >= 0.6 is 0 Å². The van der Waals surface area contributed by atoms with Crippen molar-refractivity contribution >= 4 is 27.2 Å². The second-order valence-corrected chi connectivity index (χ2v) is 10.4. The van der Waals surface area contributed by atoms with Gasteiger partial charge in [0, 0.05) is 17.4 Å². The lowest BCUT2D eigenvalue weighted by Gasteiger charge is -2.36. The van der Waals surface area contributed by atoms with Crippen LogP contribution in [0.4, 0.5) is 25.0 Å². The number of nitrogens with one attached hydrogen (secondary N) is 1. The van der Waals surface area contributed by atoms with E-state index in [4.69, 9.17) is 0 Å². The summed E-state index contributed by atoms with van der Waals surface area (Å²) in [5.74, 6) is -0.307. The maximum absolute atomic E-state index is 13.5. The van der Waals surface area contributed by atoms with Crippen molar-refractivity contribution in [2.24, 2.45) is 0 Å². The monoisotopic (exact) mass is 467 g/mol. The first-order valence-corrected chi connectivity index (χ1v) is 12.2. The number of carbonyl (C=O) groups excluding carboxylic acids is 1. The van der Waals surface area contributed by atoms with Gasteiger partial charge < -0.3 is 10.1 Å². The van der Waals surface area contributed by atoms with Gasteiger partial charge in [0.2, 0.25) is 5.88 Å². The van der Waals surface area contributed by atoms with Gasteiger partial charge in [-0.05, 0) is 49.4 Å². The molecule has 174 valence electrons. The third-order valence-corrected chi connectivity index (χ3v) is 7.08. The number of hydrogen-bond acceptors (Lipinski definition) is 5. The van der Waals surface area contributed by atoms with Crippen LogP contribution in [0.15, 0.2) is 36.4 Å². The number of urea groups is 1. The predicted octanol–water partition coefficient (Wildman–Crippen LogP) is 4.73. The van der Waals surface area contributed by atoms with Gasteiger partial charge in [0.1, 0.15) is 15.5 Å². The highest BCUT2D eigenvalue weighted by Crippen LogP contribution is 2.33. The molecule has 2 amide bonds. The molecule has 0 radical (unpaired) electrons. The van der Waals surface area contributed by atoms with E-state index in [0.29, 0.717) is 11.4 Å². The quantitative estimate of drug-likeness (QED) is 0.664. The number of anilines is 2. The molecule has 1 N–H and O–H groups in total. The van der Waals surface area contributed by atoms with E-state index in [1.165, 1.54) is 11.0 Å². The Morgan fingerprint density at radius 1 is 1.16 bits per heavy atom. The summed E-state index contributed by atoms with van der Waals surface area (Å²) < 4.78 is 54.1. The fourth-order valence-electron chi connectivity index (χ4n) is 3.78. The highest BCUT2D eigenvalue weighted by molar-refractivity contribution is 7.91. The second-order valence-electron chi connectivity index (χ2n) is 8.08. The number of alkyl halides is 2. The number of carbonyl (C=O) groups is 1. The predicted molar refractivity (Wildman–Crippen MR) is 119 cm³/mol. The fourth-order valence-corrected chi connectivity index (χ4v) is 5.25. The maximum atomic E-state index is 13.5. The van der Waals surface area contributed by atoms with Gasteiger partial charge in [-0.15, -0.1) is 0 Å². The minimum absolute atomic E-state index is 0.0105. The number of pyridine rings is 1. The summed E-state index contributed by atoms with van der Waals surface area (Å²) in [6.45, 7) is 2.52. The first-order chi connectivity index (χ1) is 15.1. The molecule has 3 rings (SSSR count). The van der Waals surface area contributed by atoms with E-state index in [1.54, 1.807) is 19.1 Å². The zero-order chi connectivity index (χ0) is 23.5. The molecule has 1 aromatic carbocycles. The van der Waals surface area contributed by atoms with Crippen molar-refractivity contribution < 1.29 is 26.7 Å². The number of aromatic nitrogens is 1. The molecular weight excluding hydrogens is 440 g/mol. The number of para-hydroxylation sites is 1. The molecular formula is C22H27F2N3O4S. The maximum Gasteiger partial charge on any atom is 0.388 e. The van der Waals surface area contributed by atoms with Crippen molar-refractivity contribution in [3.05, 3.63) is 47.7 Å². The van der Waals surface area contributed by atoms with Gasteiger partial charge in [-0.2, -0.15) is 8.78 Å². The number of amides is 2. The Kier molecular flexibility index (Phi) is 7.33. The molecule has 1 aliphatic rings. The number of benzene rings is 1. The molecule has 10 heteroatoms. The van der Waals surface area contributed by atoms with Gasteiger partial charge in [0.25, 0.3) is 0 Å². The standard InChI is InChI=1S/C22H27F2N3O4S/c1-14(2)17-6-4-5-7-19(17)27(16-10-12-32(29,30)13-11-16)22(28)26-18-9-8-15(3)25-20(18)31-21(23)24/h4-9,14,16,21H,10-13H2,1-3H3,(H,26,28). The van der Waals surface area contributed by atoms with Crippen LogP contribution in [0.3, 0.4) is 0 Å². The Labute approximate surface area is 186 Å². The number of hydrogen-bond donors (Lipinski definition) is 1. The molecule has 2 heterocycles. The third-order valence-electron chi connectivity index (χ3n) is 5.37. The first kappa shape index (κ1) is 23.9. The number of ether oxygens (including phenoxy) is 1. The molecule has 0 atom stereocenters. The second kappa shape index (κ2) is 9.81. The van der Waals surface area contributed by atoms with Gasteiger partial charge in [-0.25, -0.2) is 18.2 Å². The molecule has 0 saturated carbocycles. The minimum Gasteiger partial charge on any atom is -0.415 e. The Bertz CT molecular complexity index is 1060. The summed E-state index contributed by atoms with van der Waals surface area (Å²) in [5, 5.41) is 2.64. The SMILES string of the molecule is Cc1ccc(NC(=O)N(c2ccccc2C(C)C)C2CCS(=O)(=O)CC2)c(OC(F)F)n1. The average Bonchev–Trinajstić information content (AvgIpc) is 2.71. The van der Waals surface area contributed by atoms with Crippen LogP contribution in [0.1, 0.15) is 43.9 Å². The molecule has 0 bridgehead atoms. The van der Waals surface area contributed by atoms with Crippen LogP contribution in [-0.2, 0) is 9.84 Å². The van der Waals surface area contributed by atoms with Gasteiger partial charge in [0.15, 0.2) is 0 Å². The summed E-state index contributed by atoms with van der Waals surface area (Å²) in [4.78, 5) is 19.0. The van der Waals surface area contributed by atoms with E-state index in [0.717, 1.165) is 5.56 Å². The van der Waals surface area contributed by atoms with Crippen LogP contribution in [0.25, 0.3) is 0 Å². The van der Waals surface area contributed by atoms with Crippen LogP contribution in [-0.4, -0.2) is 43.6 Å². The number of halogens is 2. The first-order valence-electron chi connectivity index (χ1n) is 10.4. The molecule has 0 unspecified atom stereocenters. The van der Waals surface area contributed by atoms with Crippen molar-refractivity contribution in [3.63, 3.8) is 0 Å². The van der Waals surface area contributed by atoms with Crippen molar-refractivity contribution in [2.45, 2.75) is 52.2 Å². The topological polar surface area (TPSA) is 88.6 Å². The highest BCUT2D eigenvalue weighted by Gasteiger charge is 2.33. The third kappa shape index (κ3) is 5.73. The van der Waals surface area contributed by atoms with E-state index in [-0.39, 0.29) is 47.9 Å². The Hall–Kier alpha value is -2.75. The molecule has 7 nitrogen and oxygen atoms in total. The van der Waals surface area contributed by atoms with Gasteiger partial charge in [-0.3, -0.25) is 4.90 Å². The molecule has 1 saturated heterocycles. The lowest BCUT2D eigenvalue weighted by atomic mass is 9.98. The van der Waals surface area contributed by atoms with E-state index < -0.39 is 22.5 Å². The summed E-state index contributed by atoms with van der Waals surface area (Å²) in [5.41, 5.74) is 2.04. The number of aryl methyl sites for hydroxylation is 1. The lowest BCUT2D eigenvalue weighted by molar-refractivity contribution is -0.0523. The number of rotatable bonds is 6. The van der Waals surface area contributed by atoms with Crippen molar-refractivity contribution in [1.82, 2.24) is 4.98 Å². The summed E-state index contributed by atoms with van der Waals surface area (Å²) in [6.07, 6.45) is 0.573. The average molecular weight is 468 g/mol. The molecule has 1 aromatic heterocycles. The Balaban J connectivity index is 1.99.